The summed E-state index contributed by atoms with van der Waals surface area (Å²) in [6, 6.07) is 12.9. The van der Waals surface area contributed by atoms with Crippen LogP contribution in [0.1, 0.15) is 41.3 Å². The number of anilines is 1. The average Bonchev–Trinajstić information content (AvgIpc) is 3.19. The average molecular weight is 366 g/mol. The van der Waals surface area contributed by atoms with Gasteiger partial charge in [-0.1, -0.05) is 18.2 Å². The van der Waals surface area contributed by atoms with Crippen molar-refractivity contribution in [2.75, 3.05) is 18.4 Å². The van der Waals surface area contributed by atoms with Gasteiger partial charge in [-0.2, -0.15) is 0 Å². The van der Waals surface area contributed by atoms with E-state index in [1.807, 2.05) is 49.1 Å². The van der Waals surface area contributed by atoms with E-state index in [4.69, 9.17) is 4.74 Å². The number of ether oxygens (including phenoxy) is 1. The zero-order valence-electron chi connectivity index (χ0n) is 16.1. The molecule has 27 heavy (non-hydrogen) atoms. The van der Waals surface area contributed by atoms with Gasteiger partial charge in [-0.15, -0.1) is 0 Å². The number of nitrogens with zero attached hydrogens (tertiary/aromatic N) is 1. The highest BCUT2D eigenvalue weighted by atomic mass is 16.5. The first-order valence-corrected chi connectivity index (χ1v) is 9.39. The number of amides is 2. The Morgan fingerprint density at radius 3 is 2.44 bits per heavy atom. The van der Waals surface area contributed by atoms with Gasteiger partial charge in [0.15, 0.2) is 6.10 Å². The molecule has 5 heteroatoms. The summed E-state index contributed by atoms with van der Waals surface area (Å²) in [7, 11) is 0. The van der Waals surface area contributed by atoms with E-state index in [1.54, 1.807) is 19.1 Å². The zero-order valence-corrected chi connectivity index (χ0v) is 16.1. The van der Waals surface area contributed by atoms with Crippen molar-refractivity contribution in [2.45, 2.75) is 39.7 Å². The van der Waals surface area contributed by atoms with Crippen LogP contribution in [0, 0.1) is 13.8 Å². The first-order chi connectivity index (χ1) is 13.0. The summed E-state index contributed by atoms with van der Waals surface area (Å²) < 4.78 is 5.78. The third-order valence-corrected chi connectivity index (χ3v) is 4.97. The minimum atomic E-state index is -0.679. The minimum Gasteiger partial charge on any atom is -0.481 e. The van der Waals surface area contributed by atoms with Crippen LogP contribution in [0.2, 0.25) is 0 Å². The second kappa shape index (κ2) is 8.25. The third kappa shape index (κ3) is 4.48. The number of carbonyl (C=O) groups excluding carboxylic acids is 2. The van der Waals surface area contributed by atoms with Crippen molar-refractivity contribution in [3.05, 3.63) is 59.2 Å². The molecule has 1 heterocycles. The van der Waals surface area contributed by atoms with Crippen molar-refractivity contribution in [1.82, 2.24) is 4.90 Å². The number of nitrogens with one attached hydrogen (secondary N) is 1. The molecule has 0 aromatic heterocycles. The Hall–Kier alpha value is -2.82. The summed E-state index contributed by atoms with van der Waals surface area (Å²) in [5.41, 5.74) is 3.33. The highest BCUT2D eigenvalue weighted by Gasteiger charge is 2.23. The highest BCUT2D eigenvalue weighted by molar-refractivity contribution is 6.04. The van der Waals surface area contributed by atoms with Crippen LogP contribution in [0.15, 0.2) is 42.5 Å². The SMILES string of the molecule is Cc1ccc(O[C@H](C)C(=O)Nc2ccccc2C(=O)N2CCCC2)cc1C. The third-order valence-electron chi connectivity index (χ3n) is 4.97. The normalized spacial score (nSPS) is 14.7. The van der Waals surface area contributed by atoms with E-state index in [0.29, 0.717) is 17.0 Å². The molecule has 0 bridgehead atoms. The molecule has 1 N–H and O–H groups in total. The van der Waals surface area contributed by atoms with Crippen LogP contribution in [-0.2, 0) is 4.79 Å². The predicted molar refractivity (Wildman–Crippen MR) is 106 cm³/mol. The van der Waals surface area contributed by atoms with E-state index in [9.17, 15) is 9.59 Å². The fourth-order valence-corrected chi connectivity index (χ4v) is 3.15. The lowest BCUT2D eigenvalue weighted by atomic mass is 10.1. The molecule has 2 aromatic rings. The van der Waals surface area contributed by atoms with Crippen molar-refractivity contribution >= 4 is 17.5 Å². The van der Waals surface area contributed by atoms with E-state index in [-0.39, 0.29) is 11.8 Å². The van der Waals surface area contributed by atoms with Gasteiger partial charge in [0, 0.05) is 13.1 Å². The molecule has 1 atom stereocenters. The molecule has 1 aliphatic heterocycles. The fourth-order valence-electron chi connectivity index (χ4n) is 3.15. The van der Waals surface area contributed by atoms with E-state index in [1.165, 1.54) is 5.56 Å². The molecule has 1 aliphatic rings. The van der Waals surface area contributed by atoms with Gasteiger partial charge in [-0.25, -0.2) is 0 Å². The largest absolute Gasteiger partial charge is 0.481 e. The summed E-state index contributed by atoms with van der Waals surface area (Å²) in [5.74, 6) is 0.336. The van der Waals surface area contributed by atoms with Gasteiger partial charge in [0.2, 0.25) is 0 Å². The monoisotopic (exact) mass is 366 g/mol. The first-order valence-electron chi connectivity index (χ1n) is 9.39. The maximum absolute atomic E-state index is 12.7. The molecule has 2 aromatic carbocycles. The molecule has 0 unspecified atom stereocenters. The Morgan fingerprint density at radius 1 is 1.04 bits per heavy atom. The van der Waals surface area contributed by atoms with Crippen molar-refractivity contribution in [1.29, 1.82) is 0 Å². The van der Waals surface area contributed by atoms with Crippen LogP contribution in [-0.4, -0.2) is 35.9 Å². The lowest BCUT2D eigenvalue weighted by molar-refractivity contribution is -0.122. The molecule has 2 amide bonds. The lowest BCUT2D eigenvalue weighted by Crippen LogP contribution is -2.32. The van der Waals surface area contributed by atoms with E-state index < -0.39 is 6.10 Å². The van der Waals surface area contributed by atoms with Gasteiger partial charge in [0.1, 0.15) is 5.75 Å². The van der Waals surface area contributed by atoms with Gasteiger partial charge in [-0.3, -0.25) is 9.59 Å². The van der Waals surface area contributed by atoms with Gasteiger partial charge in [0.05, 0.1) is 11.3 Å². The number of hydrogen-bond donors (Lipinski definition) is 1. The van der Waals surface area contributed by atoms with E-state index >= 15 is 0 Å². The molecule has 1 fully saturated rings. The molecule has 3 rings (SSSR count). The Labute approximate surface area is 160 Å². The molecule has 0 saturated carbocycles. The van der Waals surface area contributed by atoms with Crippen LogP contribution < -0.4 is 10.1 Å². The topological polar surface area (TPSA) is 58.6 Å². The van der Waals surface area contributed by atoms with E-state index in [2.05, 4.69) is 5.32 Å². The van der Waals surface area contributed by atoms with Crippen molar-refractivity contribution in [3.8, 4) is 5.75 Å². The number of benzene rings is 2. The molecular formula is C22H26N2O3. The van der Waals surface area contributed by atoms with Crippen molar-refractivity contribution in [2.24, 2.45) is 0 Å². The van der Waals surface area contributed by atoms with Crippen molar-refractivity contribution < 1.29 is 14.3 Å². The lowest BCUT2D eigenvalue weighted by Gasteiger charge is -2.19. The summed E-state index contributed by atoms with van der Waals surface area (Å²) in [5, 5.41) is 2.85. The van der Waals surface area contributed by atoms with Crippen molar-refractivity contribution in [3.63, 3.8) is 0 Å². The Bertz CT molecular complexity index is 841. The summed E-state index contributed by atoms with van der Waals surface area (Å²) >= 11 is 0. The Morgan fingerprint density at radius 2 is 1.74 bits per heavy atom. The molecule has 0 aliphatic carbocycles. The number of rotatable bonds is 5. The van der Waals surface area contributed by atoms with Crippen LogP contribution in [0.25, 0.3) is 0 Å². The van der Waals surface area contributed by atoms with Gasteiger partial charge < -0.3 is 15.0 Å². The van der Waals surface area contributed by atoms with Gasteiger partial charge >= 0.3 is 0 Å². The number of carbonyl (C=O) groups is 2. The molecule has 0 spiro atoms. The fraction of sp³-hybridized carbons (Fsp3) is 0.364. The molecule has 0 radical (unpaired) electrons. The number of para-hydroxylation sites is 1. The van der Waals surface area contributed by atoms with Crippen LogP contribution in [0.3, 0.4) is 0 Å². The van der Waals surface area contributed by atoms with E-state index in [0.717, 1.165) is 31.5 Å². The standard InChI is InChI=1S/C22H26N2O3/c1-15-10-11-18(14-16(15)2)27-17(3)21(25)23-20-9-5-4-8-19(20)22(26)24-12-6-7-13-24/h4-5,8-11,14,17H,6-7,12-13H2,1-3H3,(H,23,25)/t17-/m1/s1. The maximum atomic E-state index is 12.7. The second-order valence-corrected chi connectivity index (χ2v) is 7.04. The van der Waals surface area contributed by atoms with Gasteiger partial charge in [-0.05, 0) is 69.0 Å². The summed E-state index contributed by atoms with van der Waals surface area (Å²) in [4.78, 5) is 27.2. The number of likely N-dealkylation sites (tertiary alicyclic amines) is 1. The highest BCUT2D eigenvalue weighted by Crippen LogP contribution is 2.22. The molecular weight excluding hydrogens is 340 g/mol. The smallest absolute Gasteiger partial charge is 0.265 e. The van der Waals surface area contributed by atoms with Gasteiger partial charge in [0.25, 0.3) is 11.8 Å². The van der Waals surface area contributed by atoms with Crippen LogP contribution in [0.4, 0.5) is 5.69 Å². The van der Waals surface area contributed by atoms with Crippen LogP contribution in [0.5, 0.6) is 5.75 Å². The summed E-state index contributed by atoms with van der Waals surface area (Å²) in [6.45, 7) is 7.28. The molecule has 1 saturated heterocycles. The molecule has 5 nitrogen and oxygen atoms in total. The maximum Gasteiger partial charge on any atom is 0.265 e. The summed E-state index contributed by atoms with van der Waals surface area (Å²) in [6.07, 6.45) is 1.38. The number of aryl methyl sites for hydroxylation is 2. The Balaban J connectivity index is 1.70. The predicted octanol–water partition coefficient (Wildman–Crippen LogP) is 3.95. The Kier molecular flexibility index (Phi) is 5.79. The quantitative estimate of drug-likeness (QED) is 0.872. The zero-order chi connectivity index (χ0) is 19.4. The second-order valence-electron chi connectivity index (χ2n) is 7.04. The molecule has 142 valence electrons. The van der Waals surface area contributed by atoms with Crippen LogP contribution >= 0.6 is 0 Å². The first kappa shape index (κ1) is 19.0. The minimum absolute atomic E-state index is 0.0360. The number of hydrogen-bond acceptors (Lipinski definition) is 3.